The van der Waals surface area contributed by atoms with Crippen molar-refractivity contribution in [2.24, 2.45) is 0 Å². The number of amides is 1. The van der Waals surface area contributed by atoms with E-state index in [9.17, 15) is 14.0 Å². The monoisotopic (exact) mass is 425 g/mol. The maximum Gasteiger partial charge on any atom is 0.303 e. The van der Waals surface area contributed by atoms with E-state index in [-0.39, 0.29) is 18.5 Å². The van der Waals surface area contributed by atoms with Crippen molar-refractivity contribution < 1.29 is 28.2 Å². The Labute approximate surface area is 179 Å². The highest BCUT2D eigenvalue weighted by atomic mass is 19.1. The van der Waals surface area contributed by atoms with Gasteiger partial charge in [-0.25, -0.2) is 4.39 Å². The second-order valence-electron chi connectivity index (χ2n) is 7.02. The van der Waals surface area contributed by atoms with Crippen LogP contribution >= 0.6 is 0 Å². The molecule has 7 heteroatoms. The second-order valence-corrected chi connectivity index (χ2v) is 7.02. The van der Waals surface area contributed by atoms with E-state index >= 15 is 0 Å². The molecule has 2 aromatic carbocycles. The number of carboxylic acid groups (broad SMARTS) is 1. The number of hydrogen-bond acceptors (Lipinski definition) is 4. The molecule has 3 rings (SSSR count). The van der Waals surface area contributed by atoms with Crippen LogP contribution in [-0.4, -0.2) is 23.6 Å². The molecule has 0 aliphatic heterocycles. The molecular weight excluding hydrogens is 401 g/mol. The third-order valence-corrected chi connectivity index (χ3v) is 4.72. The van der Waals surface area contributed by atoms with Crippen molar-refractivity contribution in [1.29, 1.82) is 0 Å². The number of carbonyl (C=O) groups excluding carboxylic acids is 1. The normalized spacial score (nSPS) is 10.6. The van der Waals surface area contributed by atoms with E-state index in [1.807, 2.05) is 18.2 Å². The van der Waals surface area contributed by atoms with Gasteiger partial charge in [0.15, 0.2) is 0 Å². The summed E-state index contributed by atoms with van der Waals surface area (Å²) >= 11 is 0. The van der Waals surface area contributed by atoms with Gasteiger partial charge in [-0.2, -0.15) is 0 Å². The van der Waals surface area contributed by atoms with E-state index in [1.165, 1.54) is 18.4 Å². The zero-order valence-corrected chi connectivity index (χ0v) is 17.0. The first kappa shape index (κ1) is 22.1. The Kier molecular flexibility index (Phi) is 7.81. The first-order valence-electron chi connectivity index (χ1n) is 10.1. The molecule has 0 bridgehead atoms. The Morgan fingerprint density at radius 3 is 2.61 bits per heavy atom. The molecule has 0 unspecified atom stereocenters. The van der Waals surface area contributed by atoms with Gasteiger partial charge in [0.1, 0.15) is 17.3 Å². The minimum absolute atomic E-state index is 0.0489. The van der Waals surface area contributed by atoms with Crippen molar-refractivity contribution in [2.45, 2.75) is 32.2 Å². The fourth-order valence-corrected chi connectivity index (χ4v) is 3.09. The number of nitrogens with one attached hydrogen (secondary N) is 1. The standard InChI is InChI=1S/C24H24FNO5/c25-20-15-17(21-9-6-14-31-21)11-12-19(20)24(29)26-16-18-7-3-4-8-22(18)30-13-5-1-2-10-23(27)28/h3-4,6-9,11-12,14-15H,1-2,5,10,13,16H2,(H,26,29)(H,27,28). The highest BCUT2D eigenvalue weighted by molar-refractivity contribution is 5.94. The molecule has 1 heterocycles. The molecule has 0 aliphatic rings. The zero-order valence-electron chi connectivity index (χ0n) is 17.0. The van der Waals surface area contributed by atoms with E-state index < -0.39 is 17.7 Å². The third-order valence-electron chi connectivity index (χ3n) is 4.72. The van der Waals surface area contributed by atoms with Gasteiger partial charge in [-0.15, -0.1) is 0 Å². The molecule has 0 spiro atoms. The summed E-state index contributed by atoms with van der Waals surface area (Å²) in [5.74, 6) is -0.784. The van der Waals surface area contributed by atoms with Crippen LogP contribution in [0.1, 0.15) is 41.6 Å². The Morgan fingerprint density at radius 1 is 1.03 bits per heavy atom. The predicted molar refractivity (Wildman–Crippen MR) is 113 cm³/mol. The van der Waals surface area contributed by atoms with Crippen LogP contribution in [0, 0.1) is 5.82 Å². The maximum atomic E-state index is 14.5. The molecule has 2 N–H and O–H groups in total. The van der Waals surface area contributed by atoms with E-state index in [1.54, 1.807) is 24.3 Å². The minimum atomic E-state index is -0.797. The second kappa shape index (κ2) is 11.0. The van der Waals surface area contributed by atoms with Crippen LogP contribution in [0.5, 0.6) is 5.75 Å². The van der Waals surface area contributed by atoms with Crippen molar-refractivity contribution in [1.82, 2.24) is 5.32 Å². The van der Waals surface area contributed by atoms with Crippen LogP contribution < -0.4 is 10.1 Å². The molecule has 1 aromatic heterocycles. The smallest absolute Gasteiger partial charge is 0.303 e. The molecule has 3 aromatic rings. The number of aliphatic carboxylic acids is 1. The minimum Gasteiger partial charge on any atom is -0.493 e. The summed E-state index contributed by atoms with van der Waals surface area (Å²) in [6, 6.07) is 15.1. The van der Waals surface area contributed by atoms with Crippen LogP contribution in [0.25, 0.3) is 11.3 Å². The average molecular weight is 425 g/mol. The largest absolute Gasteiger partial charge is 0.493 e. The van der Waals surface area contributed by atoms with Gasteiger partial charge in [0.05, 0.1) is 18.4 Å². The SMILES string of the molecule is O=C(O)CCCCCOc1ccccc1CNC(=O)c1ccc(-c2ccco2)cc1F. The molecule has 6 nitrogen and oxygen atoms in total. The van der Waals surface area contributed by atoms with Gasteiger partial charge in [0.2, 0.25) is 0 Å². The van der Waals surface area contributed by atoms with Crippen LogP contribution in [0.3, 0.4) is 0 Å². The molecule has 0 saturated carbocycles. The van der Waals surface area contributed by atoms with Gasteiger partial charge in [-0.3, -0.25) is 9.59 Å². The number of rotatable bonds is 11. The summed E-state index contributed by atoms with van der Waals surface area (Å²) < 4.78 is 25.5. The van der Waals surface area contributed by atoms with Crippen LogP contribution in [-0.2, 0) is 11.3 Å². The summed E-state index contributed by atoms with van der Waals surface area (Å²) in [6.07, 6.45) is 3.77. The number of carbonyl (C=O) groups is 2. The molecule has 0 radical (unpaired) electrons. The van der Waals surface area contributed by atoms with E-state index in [0.717, 1.165) is 18.4 Å². The fraction of sp³-hybridized carbons (Fsp3) is 0.250. The number of hydrogen-bond donors (Lipinski definition) is 2. The van der Waals surface area contributed by atoms with Gasteiger partial charge < -0.3 is 19.6 Å². The lowest BCUT2D eigenvalue weighted by Crippen LogP contribution is -2.24. The summed E-state index contributed by atoms with van der Waals surface area (Å²) in [5, 5.41) is 11.4. The molecular formula is C24H24FNO5. The van der Waals surface area contributed by atoms with Crippen molar-refractivity contribution in [3.63, 3.8) is 0 Å². The number of halogens is 1. The van der Waals surface area contributed by atoms with Crippen molar-refractivity contribution in [3.8, 4) is 17.1 Å². The quantitative estimate of drug-likeness (QED) is 0.420. The topological polar surface area (TPSA) is 88.8 Å². The number of benzene rings is 2. The van der Waals surface area contributed by atoms with Crippen LogP contribution in [0.4, 0.5) is 4.39 Å². The Bertz CT molecular complexity index is 1020. The third kappa shape index (κ3) is 6.44. The zero-order chi connectivity index (χ0) is 22.1. The van der Waals surface area contributed by atoms with E-state index in [4.69, 9.17) is 14.3 Å². The lowest BCUT2D eigenvalue weighted by Gasteiger charge is -2.12. The number of furan rings is 1. The molecule has 0 aliphatic carbocycles. The molecule has 0 fully saturated rings. The molecule has 0 atom stereocenters. The van der Waals surface area contributed by atoms with Crippen LogP contribution in [0.2, 0.25) is 0 Å². The predicted octanol–water partition coefficient (Wildman–Crippen LogP) is 5.04. The van der Waals surface area contributed by atoms with E-state index in [2.05, 4.69) is 5.32 Å². The summed E-state index contributed by atoms with van der Waals surface area (Å²) in [7, 11) is 0. The summed E-state index contributed by atoms with van der Waals surface area (Å²) in [4.78, 5) is 23.0. The lowest BCUT2D eigenvalue weighted by molar-refractivity contribution is -0.137. The Balaban J connectivity index is 1.54. The van der Waals surface area contributed by atoms with E-state index in [0.29, 0.717) is 30.1 Å². The highest BCUT2D eigenvalue weighted by Crippen LogP contribution is 2.23. The highest BCUT2D eigenvalue weighted by Gasteiger charge is 2.14. The maximum absolute atomic E-state index is 14.5. The summed E-state index contributed by atoms with van der Waals surface area (Å²) in [5.41, 5.74) is 1.28. The molecule has 31 heavy (non-hydrogen) atoms. The molecule has 162 valence electrons. The first-order valence-corrected chi connectivity index (χ1v) is 10.1. The van der Waals surface area contributed by atoms with Gasteiger partial charge in [-0.05, 0) is 49.6 Å². The average Bonchev–Trinajstić information content (AvgIpc) is 3.30. The Morgan fingerprint density at radius 2 is 1.87 bits per heavy atom. The molecule has 0 saturated heterocycles. The van der Waals surface area contributed by atoms with Gasteiger partial charge >= 0.3 is 5.97 Å². The molecule has 1 amide bonds. The first-order chi connectivity index (χ1) is 15.0. The summed E-state index contributed by atoms with van der Waals surface area (Å²) in [6.45, 7) is 0.640. The lowest BCUT2D eigenvalue weighted by atomic mass is 10.1. The van der Waals surface area contributed by atoms with Crippen LogP contribution in [0.15, 0.2) is 65.3 Å². The number of unbranched alkanes of at least 4 members (excludes halogenated alkanes) is 2. The van der Waals surface area contributed by atoms with Gasteiger partial charge in [0, 0.05) is 24.1 Å². The number of para-hydroxylation sites is 1. The number of carboxylic acids is 1. The Hall–Kier alpha value is -3.61. The van der Waals surface area contributed by atoms with Crippen molar-refractivity contribution in [2.75, 3.05) is 6.61 Å². The van der Waals surface area contributed by atoms with Gasteiger partial charge in [-0.1, -0.05) is 24.3 Å². The fourth-order valence-electron chi connectivity index (χ4n) is 3.09. The van der Waals surface area contributed by atoms with Crippen molar-refractivity contribution >= 4 is 11.9 Å². The number of ether oxygens (including phenoxy) is 1. The van der Waals surface area contributed by atoms with Crippen molar-refractivity contribution in [3.05, 3.63) is 77.8 Å². The van der Waals surface area contributed by atoms with Gasteiger partial charge in [0.25, 0.3) is 5.91 Å².